The van der Waals surface area contributed by atoms with Gasteiger partial charge in [0.15, 0.2) is 0 Å². The minimum atomic E-state index is 1.19. The molecule has 0 saturated carbocycles. The van der Waals surface area contributed by atoms with Crippen molar-refractivity contribution in [1.82, 2.24) is 0 Å². The van der Waals surface area contributed by atoms with Crippen LogP contribution in [0.25, 0.3) is 164 Å². The van der Waals surface area contributed by atoms with Crippen molar-refractivity contribution in [2.45, 2.75) is 0 Å². The van der Waals surface area contributed by atoms with Crippen molar-refractivity contribution in [2.24, 2.45) is 0 Å². The lowest BCUT2D eigenvalue weighted by atomic mass is 9.81. The van der Waals surface area contributed by atoms with Gasteiger partial charge in [-0.2, -0.15) is 0 Å². The molecule has 78 heavy (non-hydrogen) atoms. The Morgan fingerprint density at radius 3 is 1.03 bits per heavy atom. The fourth-order valence-electron chi connectivity index (χ4n) is 13.2. The Morgan fingerprint density at radius 1 is 0.128 bits per heavy atom. The topological polar surface area (TPSA) is 0 Å². The van der Waals surface area contributed by atoms with E-state index in [1.54, 1.807) is 0 Å². The molecule has 0 radical (unpaired) electrons. The Balaban J connectivity index is 1.03. The van der Waals surface area contributed by atoms with Crippen molar-refractivity contribution in [3.63, 3.8) is 0 Å². The monoisotopic (exact) mass is 984 g/mol. The molecule has 0 heterocycles. The highest BCUT2D eigenvalue weighted by Gasteiger charge is 2.24. The first kappa shape index (κ1) is 44.2. The third-order valence-electron chi connectivity index (χ3n) is 16.7. The summed E-state index contributed by atoms with van der Waals surface area (Å²) < 4.78 is 0. The highest BCUT2D eigenvalue weighted by molar-refractivity contribution is 6.28. The molecule has 0 spiro atoms. The van der Waals surface area contributed by atoms with E-state index >= 15 is 0 Å². The van der Waals surface area contributed by atoms with Gasteiger partial charge in [-0.05, 0) is 206 Å². The number of rotatable bonds is 6. The zero-order chi connectivity index (χ0) is 51.3. The average Bonchev–Trinajstić information content (AvgIpc) is 3.59. The van der Waals surface area contributed by atoms with Crippen LogP contribution in [0.1, 0.15) is 0 Å². The molecule has 0 nitrogen and oxygen atoms in total. The second kappa shape index (κ2) is 17.7. The maximum atomic E-state index is 2.52. The summed E-state index contributed by atoms with van der Waals surface area (Å²) >= 11 is 0. The van der Waals surface area contributed by atoms with Crippen molar-refractivity contribution in [2.75, 3.05) is 0 Å². The van der Waals surface area contributed by atoms with E-state index in [-0.39, 0.29) is 0 Å². The van der Waals surface area contributed by atoms with E-state index in [9.17, 15) is 0 Å². The molecular formula is C78H48. The van der Waals surface area contributed by atoms with Gasteiger partial charge in [0.1, 0.15) is 0 Å². The Kier molecular flexibility index (Phi) is 10.0. The minimum Gasteiger partial charge on any atom is -0.0622 e. The Labute approximate surface area is 452 Å². The SMILES string of the molecule is c1ccc(-c2cc3ccccc3cc2-c2ccc3c(c2)c(-c2ccc4ccccc4c2)c(-c2ccc4ccccc4c2)c2cc(-c4c5ccccc5c(-c5cc6ccccc6c6ccccc56)c5ccccc45)ccc23)cc1. The predicted molar refractivity (Wildman–Crippen MR) is 337 cm³/mol. The van der Waals surface area contributed by atoms with Crippen LogP contribution in [0.5, 0.6) is 0 Å². The number of fused-ring (bicyclic) bond motifs is 11. The molecule has 0 bridgehead atoms. The number of hydrogen-bond donors (Lipinski definition) is 0. The zero-order valence-corrected chi connectivity index (χ0v) is 42.7. The molecular weight excluding hydrogens is 937 g/mol. The summed E-state index contributed by atoms with van der Waals surface area (Å²) in [6.45, 7) is 0. The standard InChI is InChI=1S/C78H48/c1-2-20-51(21-3-1)70-44-54-24-8-9-25-55(54)45-71(70)57-38-40-64-65-41-39-60(48-73(65)77(59-37-35-50-19-5-7-23-53(50)43-59)76(72(64)47-57)58-36-34-49-18-4-6-22-52(49)42-58)75-66-30-14-16-32-68(66)78(69-33-17-15-31-67(69)75)74-46-56-26-10-11-27-61(56)62-28-12-13-29-63(62)74/h1-48H. The molecule has 360 valence electrons. The van der Waals surface area contributed by atoms with Gasteiger partial charge in [-0.15, -0.1) is 0 Å². The normalized spacial score (nSPS) is 11.8. The van der Waals surface area contributed by atoms with Crippen LogP contribution in [0.2, 0.25) is 0 Å². The van der Waals surface area contributed by atoms with E-state index < -0.39 is 0 Å². The van der Waals surface area contributed by atoms with Crippen LogP contribution in [-0.2, 0) is 0 Å². The fourth-order valence-corrected chi connectivity index (χ4v) is 13.2. The van der Waals surface area contributed by atoms with Gasteiger partial charge in [0.05, 0.1) is 0 Å². The highest BCUT2D eigenvalue weighted by Crippen LogP contribution is 2.51. The first-order valence-corrected chi connectivity index (χ1v) is 27.1. The average molecular weight is 985 g/mol. The van der Waals surface area contributed by atoms with Gasteiger partial charge in [-0.3, -0.25) is 0 Å². The van der Waals surface area contributed by atoms with Gasteiger partial charge >= 0.3 is 0 Å². The lowest BCUT2D eigenvalue weighted by Gasteiger charge is -2.22. The summed E-state index contributed by atoms with van der Waals surface area (Å²) in [4.78, 5) is 0. The second-order valence-electron chi connectivity index (χ2n) is 21.0. The van der Waals surface area contributed by atoms with Crippen molar-refractivity contribution in [1.29, 1.82) is 0 Å². The molecule has 0 saturated heterocycles. The molecule has 0 atom stereocenters. The highest BCUT2D eigenvalue weighted by atomic mass is 14.3. The van der Waals surface area contributed by atoms with Crippen LogP contribution in [0.15, 0.2) is 291 Å². The van der Waals surface area contributed by atoms with E-state index in [4.69, 9.17) is 0 Å². The van der Waals surface area contributed by atoms with Crippen LogP contribution in [0.4, 0.5) is 0 Å². The fraction of sp³-hybridized carbons (Fsp3) is 0. The minimum absolute atomic E-state index is 1.19. The maximum absolute atomic E-state index is 2.52. The van der Waals surface area contributed by atoms with E-state index in [1.165, 1.54) is 164 Å². The molecule has 0 aliphatic rings. The summed E-state index contributed by atoms with van der Waals surface area (Å²) in [5.41, 5.74) is 14.6. The molecule has 0 heteroatoms. The van der Waals surface area contributed by atoms with Gasteiger partial charge in [0.25, 0.3) is 0 Å². The molecule has 16 aromatic carbocycles. The van der Waals surface area contributed by atoms with Gasteiger partial charge < -0.3 is 0 Å². The van der Waals surface area contributed by atoms with Gasteiger partial charge in [0, 0.05) is 0 Å². The second-order valence-corrected chi connectivity index (χ2v) is 21.0. The largest absolute Gasteiger partial charge is 0.0622 e. The van der Waals surface area contributed by atoms with Crippen molar-refractivity contribution >= 4 is 97.0 Å². The van der Waals surface area contributed by atoms with E-state index in [1.807, 2.05) is 0 Å². The molecule has 0 amide bonds. The molecule has 0 fully saturated rings. The molecule has 0 aliphatic heterocycles. The van der Waals surface area contributed by atoms with Crippen molar-refractivity contribution < 1.29 is 0 Å². The molecule has 0 N–H and O–H groups in total. The molecule has 0 aromatic heterocycles. The van der Waals surface area contributed by atoms with E-state index in [0.29, 0.717) is 0 Å². The molecule has 16 aromatic rings. The van der Waals surface area contributed by atoms with Crippen molar-refractivity contribution in [3.8, 4) is 66.8 Å². The first-order chi connectivity index (χ1) is 38.7. The summed E-state index contributed by atoms with van der Waals surface area (Å²) in [7, 11) is 0. The predicted octanol–water partition coefficient (Wildman–Crippen LogP) is 22.1. The zero-order valence-electron chi connectivity index (χ0n) is 42.7. The van der Waals surface area contributed by atoms with E-state index in [2.05, 4.69) is 291 Å². The third kappa shape index (κ3) is 7.01. The summed E-state index contributed by atoms with van der Waals surface area (Å²) in [6, 6.07) is 109. The van der Waals surface area contributed by atoms with Gasteiger partial charge in [0.2, 0.25) is 0 Å². The summed E-state index contributed by atoms with van der Waals surface area (Å²) in [5, 5.41) is 22.3. The summed E-state index contributed by atoms with van der Waals surface area (Å²) in [6.07, 6.45) is 0. The van der Waals surface area contributed by atoms with Crippen molar-refractivity contribution in [3.05, 3.63) is 291 Å². The molecule has 0 aliphatic carbocycles. The lowest BCUT2D eigenvalue weighted by molar-refractivity contribution is 1.61. The van der Waals surface area contributed by atoms with Gasteiger partial charge in [-0.1, -0.05) is 249 Å². The smallest absolute Gasteiger partial charge is 0.00199 e. The first-order valence-electron chi connectivity index (χ1n) is 27.1. The van der Waals surface area contributed by atoms with Gasteiger partial charge in [-0.25, -0.2) is 0 Å². The molecule has 0 unspecified atom stereocenters. The lowest BCUT2D eigenvalue weighted by Crippen LogP contribution is -1.95. The van der Waals surface area contributed by atoms with Crippen LogP contribution in [-0.4, -0.2) is 0 Å². The Bertz CT molecular complexity index is 5080. The molecule has 16 rings (SSSR count). The van der Waals surface area contributed by atoms with E-state index in [0.717, 1.165) is 0 Å². The third-order valence-corrected chi connectivity index (χ3v) is 16.7. The van der Waals surface area contributed by atoms with Crippen LogP contribution in [0.3, 0.4) is 0 Å². The van der Waals surface area contributed by atoms with Crippen LogP contribution < -0.4 is 0 Å². The number of benzene rings is 16. The Morgan fingerprint density at radius 2 is 0.474 bits per heavy atom. The van der Waals surface area contributed by atoms with Crippen LogP contribution in [0, 0.1) is 0 Å². The maximum Gasteiger partial charge on any atom is -0.00199 e. The number of hydrogen-bond acceptors (Lipinski definition) is 0. The summed E-state index contributed by atoms with van der Waals surface area (Å²) in [5.74, 6) is 0. The quantitative estimate of drug-likeness (QED) is 0.115. The van der Waals surface area contributed by atoms with Crippen LogP contribution >= 0.6 is 0 Å². The Hall–Kier alpha value is -10.1.